The molecule has 0 amide bonds. The van der Waals surface area contributed by atoms with Gasteiger partial charge in [0.2, 0.25) is 5.28 Å². The molecule has 0 saturated heterocycles. The number of fused-ring (bicyclic) bond motifs is 3. The van der Waals surface area contributed by atoms with Gasteiger partial charge in [-0.25, -0.2) is 4.98 Å². The molecule has 0 fully saturated rings. The van der Waals surface area contributed by atoms with Gasteiger partial charge < -0.3 is 5.32 Å². The summed E-state index contributed by atoms with van der Waals surface area (Å²) in [4.78, 5) is 11.4. The van der Waals surface area contributed by atoms with E-state index in [1.165, 1.54) is 29.7 Å². The third kappa shape index (κ3) is 2.99. The number of halogens is 2. The van der Waals surface area contributed by atoms with E-state index >= 15 is 0 Å². The van der Waals surface area contributed by atoms with Gasteiger partial charge >= 0.3 is 0 Å². The van der Waals surface area contributed by atoms with Crippen molar-refractivity contribution in [3.05, 3.63) is 44.5 Å². The van der Waals surface area contributed by atoms with Crippen molar-refractivity contribution in [1.29, 1.82) is 0 Å². The molecule has 124 valence electrons. The number of thiophene rings is 1. The lowest BCUT2D eigenvalue weighted by molar-refractivity contribution is 0.713. The Balaban J connectivity index is 1.87. The van der Waals surface area contributed by atoms with Gasteiger partial charge in [0, 0.05) is 15.6 Å². The van der Waals surface area contributed by atoms with Crippen LogP contribution in [0.1, 0.15) is 35.3 Å². The highest BCUT2D eigenvalue weighted by Gasteiger charge is 2.20. The van der Waals surface area contributed by atoms with Crippen LogP contribution >= 0.6 is 34.5 Å². The van der Waals surface area contributed by atoms with Crippen LogP contribution in [0.25, 0.3) is 10.2 Å². The number of aryl methyl sites for hydroxylation is 3. The van der Waals surface area contributed by atoms with Crippen LogP contribution in [-0.2, 0) is 12.8 Å². The molecule has 0 aliphatic heterocycles. The lowest BCUT2D eigenvalue weighted by Crippen LogP contribution is -1.99. The fourth-order valence-electron chi connectivity index (χ4n) is 3.26. The summed E-state index contributed by atoms with van der Waals surface area (Å²) in [5.74, 6) is 0.787. The summed E-state index contributed by atoms with van der Waals surface area (Å²) in [7, 11) is 0. The standard InChI is InChI=1S/C18H17Cl2N3S/c1-10-7-8-11(19)9-13(10)21-16-15-12-5-3-2-4-6-14(12)24-17(15)23-18(20)22-16/h7-9H,2-6H2,1H3,(H,21,22,23). The molecular weight excluding hydrogens is 361 g/mol. The Morgan fingerprint density at radius 3 is 2.79 bits per heavy atom. The van der Waals surface area contributed by atoms with Crippen molar-refractivity contribution in [2.45, 2.75) is 39.0 Å². The van der Waals surface area contributed by atoms with Crippen molar-refractivity contribution in [3.63, 3.8) is 0 Å². The van der Waals surface area contributed by atoms with Crippen LogP contribution in [0.2, 0.25) is 10.3 Å². The van der Waals surface area contributed by atoms with Crippen molar-refractivity contribution < 1.29 is 0 Å². The molecule has 2 heterocycles. The van der Waals surface area contributed by atoms with Crippen LogP contribution in [0.3, 0.4) is 0 Å². The summed E-state index contributed by atoms with van der Waals surface area (Å²) < 4.78 is 0. The van der Waals surface area contributed by atoms with Gasteiger partial charge in [-0.3, -0.25) is 0 Å². The lowest BCUT2D eigenvalue weighted by atomic mass is 10.1. The highest BCUT2D eigenvalue weighted by atomic mass is 35.5. The van der Waals surface area contributed by atoms with Gasteiger partial charge in [0.25, 0.3) is 0 Å². The molecule has 0 bridgehead atoms. The highest BCUT2D eigenvalue weighted by Crippen LogP contribution is 2.39. The van der Waals surface area contributed by atoms with Crippen LogP contribution in [-0.4, -0.2) is 9.97 Å². The number of nitrogens with one attached hydrogen (secondary N) is 1. The van der Waals surface area contributed by atoms with E-state index in [2.05, 4.69) is 15.3 Å². The fraction of sp³-hybridized carbons (Fsp3) is 0.333. The molecule has 0 saturated carbocycles. The molecule has 24 heavy (non-hydrogen) atoms. The normalized spacial score (nSPS) is 14.5. The minimum absolute atomic E-state index is 0.279. The average Bonchev–Trinajstić information content (AvgIpc) is 2.72. The fourth-order valence-corrected chi connectivity index (χ4v) is 4.91. The highest BCUT2D eigenvalue weighted by molar-refractivity contribution is 7.19. The van der Waals surface area contributed by atoms with Crippen molar-refractivity contribution in [2.75, 3.05) is 5.32 Å². The molecule has 2 aromatic heterocycles. The van der Waals surface area contributed by atoms with Crippen LogP contribution in [0, 0.1) is 6.92 Å². The Morgan fingerprint density at radius 1 is 1.08 bits per heavy atom. The number of hydrogen-bond donors (Lipinski definition) is 1. The monoisotopic (exact) mass is 377 g/mol. The van der Waals surface area contributed by atoms with Gasteiger partial charge in [-0.05, 0) is 67.5 Å². The quantitative estimate of drug-likeness (QED) is 0.419. The van der Waals surface area contributed by atoms with E-state index in [0.717, 1.165) is 40.1 Å². The Hall–Kier alpha value is -1.36. The minimum atomic E-state index is 0.279. The number of hydrogen-bond acceptors (Lipinski definition) is 4. The summed E-state index contributed by atoms with van der Waals surface area (Å²) in [5, 5.41) is 5.54. The first-order valence-electron chi connectivity index (χ1n) is 8.13. The smallest absolute Gasteiger partial charge is 0.225 e. The van der Waals surface area contributed by atoms with Crippen LogP contribution in [0.4, 0.5) is 11.5 Å². The Morgan fingerprint density at radius 2 is 1.92 bits per heavy atom. The summed E-state index contributed by atoms with van der Waals surface area (Å²) >= 11 is 14.1. The van der Waals surface area contributed by atoms with Gasteiger partial charge in [-0.1, -0.05) is 24.1 Å². The van der Waals surface area contributed by atoms with Gasteiger partial charge in [0.1, 0.15) is 10.6 Å². The zero-order chi connectivity index (χ0) is 16.7. The Labute approximate surface area is 155 Å². The first kappa shape index (κ1) is 16.1. The van der Waals surface area contributed by atoms with E-state index in [9.17, 15) is 0 Å². The van der Waals surface area contributed by atoms with Crippen molar-refractivity contribution in [2.24, 2.45) is 0 Å². The molecule has 6 heteroatoms. The summed E-state index contributed by atoms with van der Waals surface area (Å²) in [6.45, 7) is 2.05. The van der Waals surface area contributed by atoms with Gasteiger partial charge in [-0.2, -0.15) is 4.98 Å². The van der Waals surface area contributed by atoms with Gasteiger partial charge in [0.15, 0.2) is 0 Å². The third-order valence-corrected chi connectivity index (χ3v) is 6.08. The van der Waals surface area contributed by atoms with Crippen molar-refractivity contribution in [1.82, 2.24) is 9.97 Å². The molecule has 1 aromatic carbocycles. The summed E-state index contributed by atoms with van der Waals surface area (Å²) in [6.07, 6.45) is 5.97. The molecule has 0 spiro atoms. The van der Waals surface area contributed by atoms with E-state index in [1.54, 1.807) is 11.3 Å². The zero-order valence-corrected chi connectivity index (χ0v) is 15.7. The maximum Gasteiger partial charge on any atom is 0.225 e. The molecule has 0 unspecified atom stereocenters. The first-order chi connectivity index (χ1) is 11.6. The second-order valence-electron chi connectivity index (χ2n) is 6.17. The maximum atomic E-state index is 6.18. The van der Waals surface area contributed by atoms with Crippen LogP contribution < -0.4 is 5.32 Å². The number of rotatable bonds is 2. The maximum absolute atomic E-state index is 6.18. The number of anilines is 2. The Bertz CT molecular complexity index is 920. The van der Waals surface area contributed by atoms with Crippen LogP contribution in [0.5, 0.6) is 0 Å². The molecular formula is C18H17Cl2N3S. The minimum Gasteiger partial charge on any atom is -0.339 e. The first-order valence-corrected chi connectivity index (χ1v) is 9.70. The van der Waals surface area contributed by atoms with Crippen molar-refractivity contribution in [3.8, 4) is 0 Å². The zero-order valence-electron chi connectivity index (χ0n) is 13.3. The lowest BCUT2D eigenvalue weighted by Gasteiger charge is -2.11. The molecule has 1 aliphatic rings. The van der Waals surface area contributed by atoms with E-state index in [-0.39, 0.29) is 5.28 Å². The second kappa shape index (κ2) is 6.51. The second-order valence-corrected chi connectivity index (χ2v) is 8.03. The van der Waals surface area contributed by atoms with E-state index in [0.29, 0.717) is 5.02 Å². The predicted octanol–water partition coefficient (Wildman–Crippen LogP) is 6.32. The van der Waals surface area contributed by atoms with E-state index in [1.807, 2.05) is 25.1 Å². The number of aromatic nitrogens is 2. The van der Waals surface area contributed by atoms with E-state index in [4.69, 9.17) is 23.2 Å². The average molecular weight is 378 g/mol. The molecule has 1 N–H and O–H groups in total. The van der Waals surface area contributed by atoms with Gasteiger partial charge in [-0.15, -0.1) is 11.3 Å². The summed E-state index contributed by atoms with van der Waals surface area (Å²) in [5.41, 5.74) is 3.46. The molecule has 3 nitrogen and oxygen atoms in total. The topological polar surface area (TPSA) is 37.8 Å². The predicted molar refractivity (Wildman–Crippen MR) is 103 cm³/mol. The third-order valence-electron chi connectivity index (χ3n) is 4.49. The van der Waals surface area contributed by atoms with Gasteiger partial charge in [0.05, 0.1) is 5.39 Å². The Kier molecular flexibility index (Phi) is 4.37. The largest absolute Gasteiger partial charge is 0.339 e. The van der Waals surface area contributed by atoms with E-state index < -0.39 is 0 Å². The number of nitrogens with zero attached hydrogens (tertiary/aromatic N) is 2. The molecule has 0 radical (unpaired) electrons. The van der Waals surface area contributed by atoms with Crippen LogP contribution in [0.15, 0.2) is 18.2 Å². The SMILES string of the molecule is Cc1ccc(Cl)cc1Nc1nc(Cl)nc2sc3c(c12)CCCCC3. The number of benzene rings is 1. The molecule has 3 aromatic rings. The summed E-state index contributed by atoms with van der Waals surface area (Å²) in [6, 6.07) is 5.81. The molecule has 1 aliphatic carbocycles. The molecule has 4 rings (SSSR count). The van der Waals surface area contributed by atoms with Crippen molar-refractivity contribution >= 4 is 56.3 Å². The molecule has 0 atom stereocenters.